The molecule has 1 aromatic carbocycles. The summed E-state index contributed by atoms with van der Waals surface area (Å²) in [5.74, 6) is 0. The summed E-state index contributed by atoms with van der Waals surface area (Å²) in [5, 5.41) is 0.648. The molecule has 7 heteroatoms. The van der Waals surface area contributed by atoms with E-state index in [1.807, 2.05) is 0 Å². The van der Waals surface area contributed by atoms with Crippen LogP contribution in [0.25, 0.3) is 0 Å². The highest BCUT2D eigenvalue weighted by molar-refractivity contribution is 6.42. The third-order valence-corrected chi connectivity index (χ3v) is 3.82. The van der Waals surface area contributed by atoms with Gasteiger partial charge in [-0.25, -0.2) is 0 Å². The molecule has 20 heavy (non-hydrogen) atoms. The first-order chi connectivity index (χ1) is 9.29. The van der Waals surface area contributed by atoms with Gasteiger partial charge in [-0.05, 0) is 17.7 Å². The Bertz CT molecular complexity index is 641. The minimum absolute atomic E-state index is 0.0594. The first-order valence-electron chi connectivity index (χ1n) is 5.43. The second-order valence-corrected chi connectivity index (χ2v) is 5.23. The summed E-state index contributed by atoms with van der Waals surface area (Å²) in [6.45, 7) is 0. The largest absolute Gasteiger partial charge is 0.417 e. The number of benzene rings is 1. The van der Waals surface area contributed by atoms with Crippen LogP contribution in [0.15, 0.2) is 30.5 Å². The van der Waals surface area contributed by atoms with Crippen molar-refractivity contribution < 1.29 is 13.2 Å². The van der Waals surface area contributed by atoms with Crippen molar-refractivity contribution in [3.63, 3.8) is 0 Å². The van der Waals surface area contributed by atoms with Crippen LogP contribution in [0.1, 0.15) is 16.8 Å². The zero-order valence-electron chi connectivity index (χ0n) is 9.81. The van der Waals surface area contributed by atoms with Crippen molar-refractivity contribution in [3.05, 3.63) is 62.4 Å². The van der Waals surface area contributed by atoms with E-state index in [-0.39, 0.29) is 11.4 Å². The lowest BCUT2D eigenvalue weighted by atomic mass is 10.1. The van der Waals surface area contributed by atoms with Crippen LogP contribution in [0.4, 0.5) is 13.2 Å². The molecule has 0 aliphatic carbocycles. The van der Waals surface area contributed by atoms with E-state index in [9.17, 15) is 13.2 Å². The molecule has 1 nitrogen and oxygen atoms in total. The molecule has 106 valence electrons. The fraction of sp³-hybridized carbons (Fsp3) is 0.154. The molecule has 1 aromatic heterocycles. The average molecular weight is 341 g/mol. The zero-order chi connectivity index (χ0) is 14.9. The van der Waals surface area contributed by atoms with Crippen molar-refractivity contribution in [1.82, 2.24) is 4.98 Å². The standard InChI is InChI=1S/C13H7Cl3F3N/c14-9-3-1-2-7(12(9)16)4-11-10(15)5-8(6-20-11)13(17,18)19/h1-3,5-6H,4H2. The molecule has 0 N–H and O–H groups in total. The fourth-order valence-corrected chi connectivity index (χ4v) is 2.24. The van der Waals surface area contributed by atoms with Crippen LogP contribution in [0, 0.1) is 0 Å². The van der Waals surface area contributed by atoms with Gasteiger partial charge in [0.1, 0.15) is 0 Å². The maximum atomic E-state index is 12.5. The third-order valence-electron chi connectivity index (χ3n) is 2.63. The van der Waals surface area contributed by atoms with Gasteiger partial charge in [0, 0.05) is 12.6 Å². The van der Waals surface area contributed by atoms with E-state index in [0.717, 1.165) is 12.3 Å². The molecular formula is C13H7Cl3F3N. The van der Waals surface area contributed by atoms with Crippen LogP contribution in [-0.4, -0.2) is 4.98 Å². The number of halogens is 6. The van der Waals surface area contributed by atoms with E-state index >= 15 is 0 Å². The summed E-state index contributed by atoms with van der Waals surface area (Å²) in [7, 11) is 0. The minimum atomic E-state index is -4.47. The van der Waals surface area contributed by atoms with Crippen LogP contribution < -0.4 is 0 Å². The smallest absolute Gasteiger partial charge is 0.259 e. The predicted octanol–water partition coefficient (Wildman–Crippen LogP) is 5.65. The highest BCUT2D eigenvalue weighted by atomic mass is 35.5. The maximum absolute atomic E-state index is 12.5. The Kier molecular flexibility index (Phi) is 4.47. The van der Waals surface area contributed by atoms with Gasteiger partial charge in [-0.15, -0.1) is 0 Å². The Labute approximate surface area is 128 Å². The normalized spacial score (nSPS) is 11.7. The number of hydrogen-bond donors (Lipinski definition) is 0. The fourth-order valence-electron chi connectivity index (χ4n) is 1.62. The van der Waals surface area contributed by atoms with Gasteiger partial charge in [0.25, 0.3) is 0 Å². The van der Waals surface area contributed by atoms with E-state index < -0.39 is 11.7 Å². The average Bonchev–Trinajstić information content (AvgIpc) is 2.36. The van der Waals surface area contributed by atoms with Crippen LogP contribution in [0.3, 0.4) is 0 Å². The van der Waals surface area contributed by atoms with Gasteiger partial charge in [-0.1, -0.05) is 46.9 Å². The lowest BCUT2D eigenvalue weighted by Crippen LogP contribution is -2.07. The second kappa shape index (κ2) is 5.80. The summed E-state index contributed by atoms with van der Waals surface area (Å²) < 4.78 is 37.5. The lowest BCUT2D eigenvalue weighted by Gasteiger charge is -2.10. The minimum Gasteiger partial charge on any atom is -0.259 e. The molecule has 0 spiro atoms. The van der Waals surface area contributed by atoms with Gasteiger partial charge < -0.3 is 0 Å². The zero-order valence-corrected chi connectivity index (χ0v) is 12.1. The molecule has 2 aromatic rings. The monoisotopic (exact) mass is 339 g/mol. The summed E-state index contributed by atoms with van der Waals surface area (Å²) in [4.78, 5) is 3.76. The van der Waals surface area contributed by atoms with E-state index in [4.69, 9.17) is 34.8 Å². The van der Waals surface area contributed by atoms with E-state index in [0.29, 0.717) is 21.3 Å². The molecule has 0 aliphatic rings. The van der Waals surface area contributed by atoms with E-state index in [1.54, 1.807) is 18.2 Å². The second-order valence-electron chi connectivity index (χ2n) is 4.04. The van der Waals surface area contributed by atoms with Crippen molar-refractivity contribution in [2.75, 3.05) is 0 Å². The van der Waals surface area contributed by atoms with Crippen LogP contribution in [0.2, 0.25) is 15.1 Å². The number of aromatic nitrogens is 1. The number of alkyl halides is 3. The highest BCUT2D eigenvalue weighted by Gasteiger charge is 2.31. The van der Waals surface area contributed by atoms with E-state index in [1.165, 1.54) is 0 Å². The van der Waals surface area contributed by atoms with Gasteiger partial charge in [-0.3, -0.25) is 4.98 Å². The quantitative estimate of drug-likeness (QED) is 0.688. The van der Waals surface area contributed by atoms with Crippen molar-refractivity contribution in [2.24, 2.45) is 0 Å². The van der Waals surface area contributed by atoms with Crippen molar-refractivity contribution in [3.8, 4) is 0 Å². The maximum Gasteiger partial charge on any atom is 0.417 e. The Morgan fingerprint density at radius 2 is 1.75 bits per heavy atom. The van der Waals surface area contributed by atoms with Gasteiger partial charge in [0.15, 0.2) is 0 Å². The van der Waals surface area contributed by atoms with Crippen LogP contribution in [-0.2, 0) is 12.6 Å². The Morgan fingerprint density at radius 1 is 1.05 bits per heavy atom. The van der Waals surface area contributed by atoms with Crippen molar-refractivity contribution in [2.45, 2.75) is 12.6 Å². The first kappa shape index (κ1) is 15.4. The van der Waals surface area contributed by atoms with E-state index in [2.05, 4.69) is 4.98 Å². The van der Waals surface area contributed by atoms with Gasteiger partial charge in [0.05, 0.1) is 26.3 Å². The topological polar surface area (TPSA) is 12.9 Å². The molecule has 0 aliphatic heterocycles. The Hall–Kier alpha value is -0.970. The van der Waals surface area contributed by atoms with Crippen molar-refractivity contribution in [1.29, 1.82) is 0 Å². The third kappa shape index (κ3) is 3.37. The summed E-state index contributed by atoms with van der Waals surface area (Å²) in [6.07, 6.45) is -3.51. The molecule has 0 radical (unpaired) electrons. The molecule has 0 atom stereocenters. The molecule has 1 heterocycles. The first-order valence-corrected chi connectivity index (χ1v) is 6.57. The molecular weight excluding hydrogens is 334 g/mol. The lowest BCUT2D eigenvalue weighted by molar-refractivity contribution is -0.137. The summed E-state index contributed by atoms with van der Waals surface area (Å²) in [6, 6.07) is 5.88. The Balaban J connectivity index is 2.33. The van der Waals surface area contributed by atoms with Gasteiger partial charge in [-0.2, -0.15) is 13.2 Å². The molecule has 0 amide bonds. The Morgan fingerprint density at radius 3 is 2.35 bits per heavy atom. The SMILES string of the molecule is FC(F)(F)c1cnc(Cc2cccc(Cl)c2Cl)c(Cl)c1. The number of hydrogen-bond acceptors (Lipinski definition) is 1. The molecule has 0 saturated carbocycles. The summed E-state index contributed by atoms with van der Waals surface area (Å²) in [5.41, 5.74) is 0.0700. The highest BCUT2D eigenvalue weighted by Crippen LogP contribution is 2.33. The number of rotatable bonds is 2. The molecule has 0 fully saturated rings. The number of pyridine rings is 1. The molecule has 0 unspecified atom stereocenters. The van der Waals surface area contributed by atoms with Gasteiger partial charge in [0.2, 0.25) is 0 Å². The van der Waals surface area contributed by atoms with Crippen LogP contribution >= 0.6 is 34.8 Å². The van der Waals surface area contributed by atoms with Crippen LogP contribution in [0.5, 0.6) is 0 Å². The summed E-state index contributed by atoms with van der Waals surface area (Å²) >= 11 is 17.7. The molecule has 0 saturated heterocycles. The molecule has 2 rings (SSSR count). The van der Waals surface area contributed by atoms with Crippen molar-refractivity contribution >= 4 is 34.8 Å². The van der Waals surface area contributed by atoms with Gasteiger partial charge >= 0.3 is 6.18 Å². The number of nitrogens with zero attached hydrogens (tertiary/aromatic N) is 1. The molecule has 0 bridgehead atoms. The predicted molar refractivity (Wildman–Crippen MR) is 73.5 cm³/mol.